The van der Waals surface area contributed by atoms with Crippen LogP contribution in [0.25, 0.3) is 0 Å². The van der Waals surface area contributed by atoms with Crippen molar-refractivity contribution in [2.45, 2.75) is 44.1 Å². The summed E-state index contributed by atoms with van der Waals surface area (Å²) in [4.78, 5) is 12.6. The van der Waals surface area contributed by atoms with Crippen LogP contribution in [0.15, 0.2) is 48.5 Å². The summed E-state index contributed by atoms with van der Waals surface area (Å²) >= 11 is 0. The minimum absolute atomic E-state index is 0.187. The quantitative estimate of drug-likeness (QED) is 0.871. The van der Waals surface area contributed by atoms with Crippen LogP contribution in [0.5, 0.6) is 0 Å². The van der Waals surface area contributed by atoms with E-state index in [1.807, 2.05) is 18.2 Å². The van der Waals surface area contributed by atoms with Gasteiger partial charge in [-0.1, -0.05) is 35.9 Å². The fourth-order valence-electron chi connectivity index (χ4n) is 4.01. The van der Waals surface area contributed by atoms with E-state index in [-0.39, 0.29) is 11.3 Å². The van der Waals surface area contributed by atoms with Crippen LogP contribution in [-0.2, 0) is 10.2 Å². The van der Waals surface area contributed by atoms with Crippen molar-refractivity contribution in [2.24, 2.45) is 0 Å². The van der Waals surface area contributed by atoms with Gasteiger partial charge in [-0.3, -0.25) is 4.79 Å². The molecule has 1 amide bonds. The normalized spacial score (nSPS) is 26.0. The summed E-state index contributed by atoms with van der Waals surface area (Å²) in [5.74, 6) is 0.187. The number of amides is 1. The Balaban J connectivity index is 1.49. The Morgan fingerprint density at radius 2 is 1.74 bits per heavy atom. The first-order valence-corrected chi connectivity index (χ1v) is 8.42. The van der Waals surface area contributed by atoms with Gasteiger partial charge in [-0.05, 0) is 56.4 Å². The van der Waals surface area contributed by atoms with Gasteiger partial charge in [0.05, 0.1) is 5.41 Å². The highest BCUT2D eigenvalue weighted by Crippen LogP contribution is 2.47. The van der Waals surface area contributed by atoms with E-state index in [2.05, 4.69) is 47.9 Å². The van der Waals surface area contributed by atoms with Crippen LogP contribution in [-0.4, -0.2) is 11.9 Å². The Hall–Kier alpha value is -2.29. The van der Waals surface area contributed by atoms with E-state index in [4.69, 9.17) is 0 Å². The van der Waals surface area contributed by atoms with Gasteiger partial charge in [0.1, 0.15) is 0 Å². The van der Waals surface area contributed by atoms with E-state index in [0.29, 0.717) is 6.04 Å². The molecule has 2 aliphatic rings. The number of carbonyl (C=O) groups excluding carboxylic acids is 1. The molecule has 23 heavy (non-hydrogen) atoms. The highest BCUT2D eigenvalue weighted by atomic mass is 16.2. The molecule has 0 bridgehead atoms. The molecule has 0 unspecified atom stereocenters. The van der Waals surface area contributed by atoms with Crippen molar-refractivity contribution in [1.82, 2.24) is 0 Å². The van der Waals surface area contributed by atoms with Gasteiger partial charge in [0.2, 0.25) is 5.91 Å². The monoisotopic (exact) mass is 306 g/mol. The number of benzene rings is 2. The third kappa shape index (κ3) is 2.40. The van der Waals surface area contributed by atoms with E-state index in [0.717, 1.165) is 31.4 Å². The van der Waals surface area contributed by atoms with E-state index in [9.17, 15) is 4.79 Å². The predicted octanol–water partition coefficient (Wildman–Crippen LogP) is 4.24. The zero-order chi connectivity index (χ0) is 15.9. The third-order valence-electron chi connectivity index (χ3n) is 5.39. The number of anilines is 2. The highest BCUT2D eigenvalue weighted by Gasteiger charge is 2.48. The second kappa shape index (κ2) is 5.41. The van der Waals surface area contributed by atoms with Crippen LogP contribution in [0.3, 0.4) is 0 Å². The van der Waals surface area contributed by atoms with Gasteiger partial charge in [0, 0.05) is 17.4 Å². The average molecular weight is 306 g/mol. The summed E-state index contributed by atoms with van der Waals surface area (Å²) in [6.07, 6.45) is 3.88. The summed E-state index contributed by atoms with van der Waals surface area (Å²) < 4.78 is 0. The fourth-order valence-corrected chi connectivity index (χ4v) is 4.01. The molecule has 118 valence electrons. The molecule has 1 heterocycles. The summed E-state index contributed by atoms with van der Waals surface area (Å²) in [6, 6.07) is 17.1. The van der Waals surface area contributed by atoms with Gasteiger partial charge < -0.3 is 10.6 Å². The summed E-state index contributed by atoms with van der Waals surface area (Å²) in [6.45, 7) is 2.10. The largest absolute Gasteiger partial charge is 0.382 e. The molecule has 1 aliphatic heterocycles. The maximum atomic E-state index is 12.6. The molecular formula is C20H22N2O. The van der Waals surface area contributed by atoms with Crippen molar-refractivity contribution in [1.29, 1.82) is 0 Å². The SMILES string of the molecule is Cc1ccc(NC2CCC3(CC2)C(=O)Nc2ccccc23)cc1. The first-order valence-electron chi connectivity index (χ1n) is 8.42. The summed E-state index contributed by atoms with van der Waals surface area (Å²) in [5, 5.41) is 6.69. The standard InChI is InChI=1S/C20H22N2O/c1-14-6-8-15(9-7-14)21-16-10-12-20(13-11-16)17-4-2-3-5-18(17)22-19(20)23/h2-9,16,21H,10-13H2,1H3,(H,22,23). The average Bonchev–Trinajstić information content (AvgIpc) is 2.84. The number of para-hydroxylation sites is 1. The molecule has 3 nitrogen and oxygen atoms in total. The zero-order valence-corrected chi connectivity index (χ0v) is 13.4. The number of hydrogen-bond donors (Lipinski definition) is 2. The third-order valence-corrected chi connectivity index (χ3v) is 5.39. The number of fused-ring (bicyclic) bond motifs is 2. The lowest BCUT2D eigenvalue weighted by Crippen LogP contribution is -2.41. The van der Waals surface area contributed by atoms with Gasteiger partial charge in [0.25, 0.3) is 0 Å². The number of hydrogen-bond acceptors (Lipinski definition) is 2. The maximum absolute atomic E-state index is 12.6. The lowest BCUT2D eigenvalue weighted by Gasteiger charge is -2.36. The van der Waals surface area contributed by atoms with E-state index in [1.54, 1.807) is 0 Å². The molecular weight excluding hydrogens is 284 g/mol. The van der Waals surface area contributed by atoms with Crippen LogP contribution in [0.4, 0.5) is 11.4 Å². The molecule has 1 fully saturated rings. The summed E-state index contributed by atoms with van der Waals surface area (Å²) in [7, 11) is 0. The van der Waals surface area contributed by atoms with Crippen molar-refractivity contribution >= 4 is 17.3 Å². The molecule has 1 saturated carbocycles. The zero-order valence-electron chi connectivity index (χ0n) is 13.4. The molecule has 0 saturated heterocycles. The van der Waals surface area contributed by atoms with Crippen LogP contribution in [0.1, 0.15) is 36.8 Å². The van der Waals surface area contributed by atoms with Gasteiger partial charge in [-0.2, -0.15) is 0 Å². The predicted molar refractivity (Wildman–Crippen MR) is 93.8 cm³/mol. The van der Waals surface area contributed by atoms with Crippen molar-refractivity contribution in [3.05, 3.63) is 59.7 Å². The fraction of sp³-hybridized carbons (Fsp3) is 0.350. The Morgan fingerprint density at radius 3 is 2.48 bits per heavy atom. The van der Waals surface area contributed by atoms with Gasteiger partial charge >= 0.3 is 0 Å². The van der Waals surface area contributed by atoms with Gasteiger partial charge in [-0.15, -0.1) is 0 Å². The Bertz CT molecular complexity index is 728. The minimum atomic E-state index is -0.304. The molecule has 0 aromatic heterocycles. The lowest BCUT2D eigenvalue weighted by atomic mass is 9.69. The molecule has 0 atom stereocenters. The number of rotatable bonds is 2. The first kappa shape index (κ1) is 14.3. The van der Waals surface area contributed by atoms with E-state index in [1.165, 1.54) is 16.8 Å². The van der Waals surface area contributed by atoms with Crippen molar-refractivity contribution in [3.63, 3.8) is 0 Å². The van der Waals surface area contributed by atoms with Crippen molar-refractivity contribution in [2.75, 3.05) is 10.6 Å². The highest BCUT2D eigenvalue weighted by molar-refractivity contribution is 6.06. The smallest absolute Gasteiger partial charge is 0.235 e. The van der Waals surface area contributed by atoms with Gasteiger partial charge in [-0.25, -0.2) is 0 Å². The minimum Gasteiger partial charge on any atom is -0.382 e. The molecule has 3 heteroatoms. The van der Waals surface area contributed by atoms with Crippen LogP contribution in [0, 0.1) is 6.92 Å². The molecule has 2 aromatic carbocycles. The molecule has 1 spiro atoms. The maximum Gasteiger partial charge on any atom is 0.235 e. The van der Waals surface area contributed by atoms with Crippen LogP contribution < -0.4 is 10.6 Å². The van der Waals surface area contributed by atoms with Crippen LogP contribution in [0.2, 0.25) is 0 Å². The number of carbonyl (C=O) groups is 1. The topological polar surface area (TPSA) is 41.1 Å². The first-order chi connectivity index (χ1) is 11.2. The number of aryl methyl sites for hydroxylation is 1. The lowest BCUT2D eigenvalue weighted by molar-refractivity contribution is -0.122. The summed E-state index contributed by atoms with van der Waals surface area (Å²) in [5.41, 5.74) is 4.34. The Kier molecular flexibility index (Phi) is 3.37. The molecule has 0 radical (unpaired) electrons. The van der Waals surface area contributed by atoms with Crippen LogP contribution >= 0.6 is 0 Å². The van der Waals surface area contributed by atoms with Gasteiger partial charge in [0.15, 0.2) is 0 Å². The van der Waals surface area contributed by atoms with E-state index < -0.39 is 0 Å². The molecule has 1 aliphatic carbocycles. The number of nitrogens with one attached hydrogen (secondary N) is 2. The molecule has 2 aromatic rings. The Labute approximate surface area is 137 Å². The molecule has 4 rings (SSSR count). The second-order valence-corrected chi connectivity index (χ2v) is 6.87. The van der Waals surface area contributed by atoms with Crippen molar-refractivity contribution < 1.29 is 4.79 Å². The molecule has 2 N–H and O–H groups in total. The Morgan fingerprint density at radius 1 is 1.04 bits per heavy atom. The second-order valence-electron chi connectivity index (χ2n) is 6.87. The van der Waals surface area contributed by atoms with E-state index >= 15 is 0 Å². The van der Waals surface area contributed by atoms with Crippen molar-refractivity contribution in [3.8, 4) is 0 Å².